The number of nitrogens with zero attached hydrogens (tertiary/aromatic N) is 2. The molecule has 0 aliphatic carbocycles. The van der Waals surface area contributed by atoms with Crippen LogP contribution in [-0.4, -0.2) is 30.9 Å². The van der Waals surface area contributed by atoms with Crippen LogP contribution in [0.1, 0.15) is 23.8 Å². The molecule has 12 heavy (non-hydrogen) atoms. The molecule has 0 bridgehead atoms. The van der Waals surface area contributed by atoms with Crippen LogP contribution in [0.25, 0.3) is 0 Å². The minimum absolute atomic E-state index is 0.573. The van der Waals surface area contributed by atoms with Crippen LogP contribution in [0.4, 0.5) is 0 Å². The molecule has 0 saturated carbocycles. The standard InChI is InChI=1S/C8H11BN2S/c9-11-4-1-2-7(6-11)8-10-3-5-12-8/h3,5,7H,1-2,4,6H2. The average Bonchev–Trinajstić information content (AvgIpc) is 2.56. The SMILES string of the molecule is [B]N1CCCC(c2nccs2)C1. The van der Waals surface area contributed by atoms with E-state index in [1.807, 2.05) is 16.4 Å². The number of hydrogen-bond acceptors (Lipinski definition) is 3. The molecule has 2 rings (SSSR count). The largest absolute Gasteiger partial charge is 0.353 e. The number of aromatic nitrogens is 1. The molecule has 1 aliphatic heterocycles. The lowest BCUT2D eigenvalue weighted by molar-refractivity contribution is 0.330. The molecule has 4 heteroatoms. The van der Waals surface area contributed by atoms with Crippen LogP contribution in [0.3, 0.4) is 0 Å². The third-order valence-electron chi connectivity index (χ3n) is 2.25. The molecule has 0 spiro atoms. The molecule has 2 heterocycles. The minimum Gasteiger partial charge on any atom is -0.353 e. The molecule has 2 nitrogen and oxygen atoms in total. The van der Waals surface area contributed by atoms with Gasteiger partial charge in [0.1, 0.15) is 0 Å². The highest BCUT2D eigenvalue weighted by molar-refractivity contribution is 7.09. The quantitative estimate of drug-likeness (QED) is 0.604. The molecule has 1 atom stereocenters. The predicted molar refractivity (Wildman–Crippen MR) is 51.4 cm³/mol. The third kappa shape index (κ3) is 1.70. The first-order valence-corrected chi connectivity index (χ1v) is 5.13. The fraction of sp³-hybridized carbons (Fsp3) is 0.625. The molecular formula is C8H11BN2S. The second kappa shape index (κ2) is 3.58. The fourth-order valence-corrected chi connectivity index (χ4v) is 2.41. The zero-order valence-electron chi connectivity index (χ0n) is 6.94. The van der Waals surface area contributed by atoms with E-state index < -0.39 is 0 Å². The molecule has 1 aliphatic rings. The van der Waals surface area contributed by atoms with E-state index in [9.17, 15) is 0 Å². The Bertz CT molecular complexity index is 237. The number of piperidine rings is 1. The molecule has 1 fully saturated rings. The van der Waals surface area contributed by atoms with Crippen molar-refractivity contribution in [2.75, 3.05) is 13.1 Å². The Morgan fingerprint density at radius 1 is 1.67 bits per heavy atom. The van der Waals surface area contributed by atoms with E-state index >= 15 is 0 Å². The summed E-state index contributed by atoms with van der Waals surface area (Å²) in [5, 5.41) is 3.27. The first-order valence-electron chi connectivity index (χ1n) is 4.25. The van der Waals surface area contributed by atoms with Gasteiger partial charge in [0, 0.05) is 17.5 Å². The van der Waals surface area contributed by atoms with E-state index in [2.05, 4.69) is 4.98 Å². The van der Waals surface area contributed by atoms with Crippen molar-refractivity contribution in [2.45, 2.75) is 18.8 Å². The van der Waals surface area contributed by atoms with E-state index in [0.717, 1.165) is 13.1 Å². The molecular weight excluding hydrogens is 167 g/mol. The Labute approximate surface area is 78.0 Å². The topological polar surface area (TPSA) is 16.1 Å². The number of thiazole rings is 1. The summed E-state index contributed by atoms with van der Waals surface area (Å²) in [7, 11) is 5.74. The van der Waals surface area contributed by atoms with Gasteiger partial charge in [-0.15, -0.1) is 11.3 Å². The fourth-order valence-electron chi connectivity index (χ4n) is 1.64. The lowest BCUT2D eigenvalue weighted by atomic mass is 9.96. The van der Waals surface area contributed by atoms with Gasteiger partial charge in [0.2, 0.25) is 0 Å². The molecule has 1 aromatic heterocycles. The van der Waals surface area contributed by atoms with Crippen molar-refractivity contribution in [3.8, 4) is 0 Å². The van der Waals surface area contributed by atoms with E-state index in [4.69, 9.17) is 7.98 Å². The molecule has 1 saturated heterocycles. The van der Waals surface area contributed by atoms with Crippen molar-refractivity contribution < 1.29 is 0 Å². The lowest BCUT2D eigenvalue weighted by Gasteiger charge is -2.28. The summed E-state index contributed by atoms with van der Waals surface area (Å²) in [6, 6.07) is 0. The highest BCUT2D eigenvalue weighted by Crippen LogP contribution is 2.26. The van der Waals surface area contributed by atoms with Gasteiger partial charge in [0.05, 0.1) is 5.01 Å². The maximum Gasteiger partial charge on any atom is 0.182 e. The molecule has 1 unspecified atom stereocenters. The molecule has 2 radical (unpaired) electrons. The van der Waals surface area contributed by atoms with Crippen molar-refractivity contribution in [3.05, 3.63) is 16.6 Å². The smallest absolute Gasteiger partial charge is 0.182 e. The maximum atomic E-state index is 5.74. The highest BCUT2D eigenvalue weighted by atomic mass is 32.1. The molecule has 1 aromatic rings. The summed E-state index contributed by atoms with van der Waals surface area (Å²) >= 11 is 1.74. The first kappa shape index (κ1) is 8.26. The molecule has 0 aromatic carbocycles. The third-order valence-corrected chi connectivity index (χ3v) is 3.19. The molecule has 0 amide bonds. The summed E-state index contributed by atoms with van der Waals surface area (Å²) in [6.07, 6.45) is 4.30. The average molecular weight is 178 g/mol. The van der Waals surface area contributed by atoms with Crippen LogP contribution in [-0.2, 0) is 0 Å². The predicted octanol–water partition coefficient (Wildman–Crippen LogP) is 1.41. The lowest BCUT2D eigenvalue weighted by Crippen LogP contribution is -2.31. The van der Waals surface area contributed by atoms with E-state index in [-0.39, 0.29) is 0 Å². The summed E-state index contributed by atoms with van der Waals surface area (Å²) in [6.45, 7) is 2.00. The maximum absolute atomic E-state index is 5.74. The summed E-state index contributed by atoms with van der Waals surface area (Å²) < 4.78 is 0. The van der Waals surface area contributed by atoms with Gasteiger partial charge >= 0.3 is 0 Å². The van der Waals surface area contributed by atoms with Gasteiger partial charge in [-0.3, -0.25) is 0 Å². The van der Waals surface area contributed by atoms with Gasteiger partial charge in [0.15, 0.2) is 7.98 Å². The van der Waals surface area contributed by atoms with Crippen LogP contribution in [0.5, 0.6) is 0 Å². The zero-order chi connectivity index (χ0) is 8.39. The number of hydrogen-bond donors (Lipinski definition) is 0. The van der Waals surface area contributed by atoms with Crippen molar-refractivity contribution in [3.63, 3.8) is 0 Å². The molecule has 62 valence electrons. The number of rotatable bonds is 1. The first-order chi connectivity index (χ1) is 5.86. The van der Waals surface area contributed by atoms with Gasteiger partial charge in [-0.05, 0) is 25.9 Å². The minimum atomic E-state index is 0.573. The normalized spacial score (nSPS) is 25.8. The Morgan fingerprint density at radius 2 is 2.58 bits per heavy atom. The van der Waals surface area contributed by atoms with Crippen molar-refractivity contribution >= 4 is 19.3 Å². The van der Waals surface area contributed by atoms with Crippen LogP contribution in [0.2, 0.25) is 0 Å². The van der Waals surface area contributed by atoms with E-state index in [0.29, 0.717) is 5.92 Å². The van der Waals surface area contributed by atoms with Crippen LogP contribution in [0.15, 0.2) is 11.6 Å². The molecule has 0 N–H and O–H groups in total. The van der Waals surface area contributed by atoms with Crippen LogP contribution >= 0.6 is 11.3 Å². The summed E-state index contributed by atoms with van der Waals surface area (Å²) in [5.74, 6) is 0.573. The highest BCUT2D eigenvalue weighted by Gasteiger charge is 2.19. The van der Waals surface area contributed by atoms with Gasteiger partial charge in [-0.2, -0.15) is 0 Å². The van der Waals surface area contributed by atoms with Crippen molar-refractivity contribution in [2.24, 2.45) is 0 Å². The summed E-state index contributed by atoms with van der Waals surface area (Å²) in [5.41, 5.74) is 0. The second-order valence-electron chi connectivity index (χ2n) is 3.20. The summed E-state index contributed by atoms with van der Waals surface area (Å²) in [4.78, 5) is 6.21. The van der Waals surface area contributed by atoms with E-state index in [1.165, 1.54) is 17.8 Å². The van der Waals surface area contributed by atoms with Crippen LogP contribution < -0.4 is 0 Å². The zero-order valence-corrected chi connectivity index (χ0v) is 7.76. The van der Waals surface area contributed by atoms with Gasteiger partial charge in [-0.1, -0.05) is 0 Å². The van der Waals surface area contributed by atoms with Gasteiger partial charge in [-0.25, -0.2) is 4.98 Å². The van der Waals surface area contributed by atoms with Crippen molar-refractivity contribution in [1.29, 1.82) is 0 Å². The Kier molecular flexibility index (Phi) is 2.47. The Morgan fingerprint density at radius 3 is 3.25 bits per heavy atom. The van der Waals surface area contributed by atoms with Crippen LogP contribution in [0, 0.1) is 0 Å². The monoisotopic (exact) mass is 178 g/mol. The van der Waals surface area contributed by atoms with E-state index in [1.54, 1.807) is 11.3 Å². The van der Waals surface area contributed by atoms with Crippen molar-refractivity contribution in [1.82, 2.24) is 9.79 Å². The second-order valence-corrected chi connectivity index (χ2v) is 4.13. The van der Waals surface area contributed by atoms with Gasteiger partial charge in [0.25, 0.3) is 0 Å². The Balaban J connectivity index is 2.04. The Hall–Kier alpha value is -0.345. The van der Waals surface area contributed by atoms with Gasteiger partial charge < -0.3 is 4.81 Å².